The third kappa shape index (κ3) is 4.26. The van der Waals surface area contributed by atoms with E-state index in [9.17, 15) is 9.59 Å². The highest BCUT2D eigenvalue weighted by molar-refractivity contribution is 7.09. The largest absolute Gasteiger partial charge is 0.339 e. The average molecular weight is 350 g/mol. The molecule has 0 spiro atoms. The molecule has 1 aromatic heterocycles. The van der Waals surface area contributed by atoms with Crippen LogP contribution in [0.5, 0.6) is 0 Å². The van der Waals surface area contributed by atoms with E-state index in [0.717, 1.165) is 23.5 Å². The minimum absolute atomic E-state index is 0.0624. The van der Waals surface area contributed by atoms with Crippen molar-refractivity contribution in [1.82, 2.24) is 20.1 Å². The van der Waals surface area contributed by atoms with E-state index in [2.05, 4.69) is 10.3 Å². The molecule has 2 heterocycles. The number of hydrogen-bond donors (Lipinski definition) is 1. The third-order valence-corrected chi connectivity index (χ3v) is 5.86. The van der Waals surface area contributed by atoms with Crippen molar-refractivity contribution in [3.63, 3.8) is 0 Å². The summed E-state index contributed by atoms with van der Waals surface area (Å²) in [5.74, 6) is 0.514. The van der Waals surface area contributed by atoms with Crippen LogP contribution in [0.15, 0.2) is 5.38 Å². The lowest BCUT2D eigenvalue weighted by Crippen LogP contribution is -2.54. The fourth-order valence-electron chi connectivity index (χ4n) is 3.48. The van der Waals surface area contributed by atoms with Gasteiger partial charge in [0, 0.05) is 43.2 Å². The Kier molecular flexibility index (Phi) is 5.71. The van der Waals surface area contributed by atoms with Crippen molar-refractivity contribution in [3.8, 4) is 0 Å². The maximum absolute atomic E-state index is 12.5. The van der Waals surface area contributed by atoms with Crippen LogP contribution >= 0.6 is 11.3 Å². The molecule has 1 aliphatic carbocycles. The molecule has 7 heteroatoms. The number of carbonyl (C=O) groups excluding carboxylic acids is 2. The van der Waals surface area contributed by atoms with E-state index in [1.165, 1.54) is 19.3 Å². The van der Waals surface area contributed by atoms with E-state index >= 15 is 0 Å². The van der Waals surface area contributed by atoms with Gasteiger partial charge in [0.1, 0.15) is 5.01 Å². The normalized spacial score (nSPS) is 19.4. The zero-order chi connectivity index (χ0) is 16.9. The predicted molar refractivity (Wildman–Crippen MR) is 93.8 cm³/mol. The standard InChI is InChI=1S/C17H26N4O2S/c1-13-12-24-15(19-13)11-18-17(23)21-9-7-20(8-10-21)16(22)14-5-3-2-4-6-14/h12,14H,2-11H2,1H3,(H,18,23). The molecule has 6 nitrogen and oxygen atoms in total. The van der Waals surface area contributed by atoms with Crippen molar-refractivity contribution in [2.75, 3.05) is 26.2 Å². The van der Waals surface area contributed by atoms with Crippen LogP contribution in [0, 0.1) is 12.8 Å². The summed E-state index contributed by atoms with van der Waals surface area (Å²) in [6, 6.07) is -0.0624. The molecule has 1 saturated carbocycles. The first kappa shape index (κ1) is 17.2. The highest BCUT2D eigenvalue weighted by atomic mass is 32.1. The van der Waals surface area contributed by atoms with Crippen molar-refractivity contribution in [2.24, 2.45) is 5.92 Å². The molecule has 1 aliphatic heterocycles. The topological polar surface area (TPSA) is 65.5 Å². The monoisotopic (exact) mass is 350 g/mol. The van der Waals surface area contributed by atoms with Gasteiger partial charge in [-0.2, -0.15) is 0 Å². The smallest absolute Gasteiger partial charge is 0.317 e. The first-order valence-electron chi connectivity index (χ1n) is 8.86. The Balaban J connectivity index is 1.42. The van der Waals surface area contributed by atoms with Crippen molar-refractivity contribution >= 4 is 23.3 Å². The summed E-state index contributed by atoms with van der Waals surface area (Å²) in [6.45, 7) is 4.95. The first-order valence-corrected chi connectivity index (χ1v) is 9.74. The lowest BCUT2D eigenvalue weighted by molar-refractivity contribution is -0.138. The fraction of sp³-hybridized carbons (Fsp3) is 0.706. The van der Waals surface area contributed by atoms with Crippen molar-refractivity contribution in [2.45, 2.75) is 45.6 Å². The van der Waals surface area contributed by atoms with Crippen LogP contribution in [0.25, 0.3) is 0 Å². The number of amides is 3. The summed E-state index contributed by atoms with van der Waals surface area (Å²) in [5, 5.41) is 5.83. The van der Waals surface area contributed by atoms with Gasteiger partial charge in [-0.3, -0.25) is 4.79 Å². The minimum Gasteiger partial charge on any atom is -0.339 e. The van der Waals surface area contributed by atoms with Crippen molar-refractivity contribution in [1.29, 1.82) is 0 Å². The Labute approximate surface area is 147 Å². The van der Waals surface area contributed by atoms with E-state index in [-0.39, 0.29) is 11.9 Å². The number of hydrogen-bond acceptors (Lipinski definition) is 4. The van der Waals surface area contributed by atoms with Gasteiger partial charge in [0.15, 0.2) is 0 Å². The van der Waals surface area contributed by atoms with Gasteiger partial charge in [0.25, 0.3) is 0 Å². The number of rotatable bonds is 3. The molecule has 2 aliphatic rings. The van der Waals surface area contributed by atoms with Gasteiger partial charge in [-0.25, -0.2) is 9.78 Å². The molecule has 0 unspecified atom stereocenters. The molecule has 2 fully saturated rings. The zero-order valence-electron chi connectivity index (χ0n) is 14.3. The summed E-state index contributed by atoms with van der Waals surface area (Å²) in [4.78, 5) is 32.9. The molecule has 1 aromatic rings. The molecule has 1 N–H and O–H groups in total. The molecule has 3 rings (SSSR count). The second kappa shape index (κ2) is 7.96. The van der Waals surface area contributed by atoms with Crippen LogP contribution in [-0.2, 0) is 11.3 Å². The molecule has 24 heavy (non-hydrogen) atoms. The molecule has 3 amide bonds. The van der Waals surface area contributed by atoms with Crippen LogP contribution in [0.2, 0.25) is 0 Å². The molecule has 0 aromatic carbocycles. The van der Waals surface area contributed by atoms with E-state index in [4.69, 9.17) is 0 Å². The molecule has 0 atom stereocenters. The van der Waals surface area contributed by atoms with Crippen molar-refractivity contribution in [3.05, 3.63) is 16.1 Å². The Morgan fingerprint density at radius 1 is 1.17 bits per heavy atom. The van der Waals surface area contributed by atoms with Crippen LogP contribution in [0.4, 0.5) is 4.79 Å². The van der Waals surface area contributed by atoms with Gasteiger partial charge >= 0.3 is 6.03 Å². The van der Waals surface area contributed by atoms with Crippen molar-refractivity contribution < 1.29 is 9.59 Å². The predicted octanol–water partition coefficient (Wildman–Crippen LogP) is 2.39. The summed E-state index contributed by atoms with van der Waals surface area (Å²) in [5.41, 5.74) is 0.985. The summed E-state index contributed by atoms with van der Waals surface area (Å²) >= 11 is 1.56. The summed E-state index contributed by atoms with van der Waals surface area (Å²) in [6.07, 6.45) is 5.68. The van der Waals surface area contributed by atoms with E-state index in [1.807, 2.05) is 17.2 Å². The van der Waals surface area contributed by atoms with Gasteiger partial charge in [-0.1, -0.05) is 19.3 Å². The number of aromatic nitrogens is 1. The third-order valence-electron chi connectivity index (χ3n) is 4.89. The maximum Gasteiger partial charge on any atom is 0.317 e. The number of carbonyl (C=O) groups is 2. The van der Waals surface area contributed by atoms with Gasteiger partial charge < -0.3 is 15.1 Å². The second-order valence-electron chi connectivity index (χ2n) is 6.69. The van der Waals surface area contributed by atoms with Crippen LogP contribution in [-0.4, -0.2) is 52.9 Å². The molecule has 0 radical (unpaired) electrons. The number of aryl methyl sites for hydroxylation is 1. The number of piperazine rings is 1. The number of urea groups is 1. The van der Waals surface area contributed by atoms with Crippen LogP contribution < -0.4 is 5.32 Å². The highest BCUT2D eigenvalue weighted by Crippen LogP contribution is 2.25. The molecule has 132 valence electrons. The minimum atomic E-state index is -0.0624. The van der Waals surface area contributed by atoms with Crippen LogP contribution in [0.1, 0.15) is 42.8 Å². The van der Waals surface area contributed by atoms with Gasteiger partial charge in [0.05, 0.1) is 6.54 Å². The van der Waals surface area contributed by atoms with Gasteiger partial charge in [0.2, 0.25) is 5.91 Å². The Bertz CT molecular complexity index is 575. The quantitative estimate of drug-likeness (QED) is 0.910. The molecule has 1 saturated heterocycles. The Morgan fingerprint density at radius 2 is 1.83 bits per heavy atom. The summed E-state index contributed by atoms with van der Waals surface area (Å²) < 4.78 is 0. The van der Waals surface area contributed by atoms with E-state index in [1.54, 1.807) is 16.2 Å². The van der Waals surface area contributed by atoms with E-state index < -0.39 is 0 Å². The van der Waals surface area contributed by atoms with Gasteiger partial charge in [-0.15, -0.1) is 11.3 Å². The summed E-state index contributed by atoms with van der Waals surface area (Å²) in [7, 11) is 0. The lowest BCUT2D eigenvalue weighted by Gasteiger charge is -2.37. The first-order chi connectivity index (χ1) is 11.6. The SMILES string of the molecule is Cc1csc(CNC(=O)N2CCN(C(=O)C3CCCCC3)CC2)n1. The molecule has 0 bridgehead atoms. The molecular weight excluding hydrogens is 324 g/mol. The fourth-order valence-corrected chi connectivity index (χ4v) is 4.20. The number of nitrogens with one attached hydrogen (secondary N) is 1. The molecular formula is C17H26N4O2S. The van der Waals surface area contributed by atoms with Crippen LogP contribution in [0.3, 0.4) is 0 Å². The number of thiazole rings is 1. The lowest BCUT2D eigenvalue weighted by atomic mass is 9.88. The Hall–Kier alpha value is -1.63. The maximum atomic E-state index is 12.5. The zero-order valence-corrected chi connectivity index (χ0v) is 15.1. The average Bonchev–Trinajstić information content (AvgIpc) is 3.05. The van der Waals surface area contributed by atoms with E-state index in [0.29, 0.717) is 38.6 Å². The van der Waals surface area contributed by atoms with Gasteiger partial charge in [-0.05, 0) is 19.8 Å². The second-order valence-corrected chi connectivity index (χ2v) is 7.63. The highest BCUT2D eigenvalue weighted by Gasteiger charge is 2.29. The Morgan fingerprint density at radius 3 is 2.46 bits per heavy atom. The number of nitrogens with zero attached hydrogens (tertiary/aromatic N) is 3.